The Bertz CT molecular complexity index is 915. The van der Waals surface area contributed by atoms with Gasteiger partial charge in [-0.2, -0.15) is 0 Å². The minimum atomic E-state index is -0.633. The molecule has 0 spiro atoms. The van der Waals surface area contributed by atoms with Crippen molar-refractivity contribution in [3.63, 3.8) is 0 Å². The molecule has 1 rings (SSSR count). The third-order valence-electron chi connectivity index (χ3n) is 9.14. The zero-order chi connectivity index (χ0) is 36.3. The first-order valence-corrected chi connectivity index (χ1v) is 21.5. The number of ether oxygens (including phenoxy) is 2. The van der Waals surface area contributed by atoms with Crippen LogP contribution in [0.25, 0.3) is 0 Å². The van der Waals surface area contributed by atoms with Gasteiger partial charge < -0.3 is 19.1 Å². The van der Waals surface area contributed by atoms with Gasteiger partial charge in [0.15, 0.2) is 5.56 Å². The number of nitrogens with zero attached hydrogens (tertiary/aromatic N) is 3. The number of aliphatic hydroxyl groups excluding tert-OH is 1. The summed E-state index contributed by atoms with van der Waals surface area (Å²) in [6.07, 6.45) is 34.7. The Morgan fingerprint density at radius 2 is 1.38 bits per heavy atom. The Hall–Kier alpha value is -1.84. The molecule has 0 bridgehead atoms. The topological polar surface area (TPSA) is 93.9 Å². The summed E-state index contributed by atoms with van der Waals surface area (Å²) in [5.41, 5.74) is -0.633. The number of aryl methyl sites for hydroxylation is 1. The first-order valence-electron chi connectivity index (χ1n) is 20.5. The minimum absolute atomic E-state index is 0.0248. The molecule has 1 atom stereocenters. The van der Waals surface area contributed by atoms with Gasteiger partial charge in [0.05, 0.1) is 6.33 Å². The standard InChI is InChI=1S/C41H75N3O5S/c1-4-7-10-13-14-17-23-35-48-39(45)28-21-18-22-32-44(41(47)50-36-25-31-43-34-30-42-37-43)33-24-29-40(46)49-38(26-19-15-11-8-5-2)27-20-16-12-9-6-3/h17,23,30,34,37-38,41,47H,4-16,18-22,24-29,31-33,35-36H2,1-3H3/b23-17-. The number of hydrogen-bond acceptors (Lipinski definition) is 8. The van der Waals surface area contributed by atoms with E-state index < -0.39 is 5.56 Å². The predicted molar refractivity (Wildman–Crippen MR) is 210 cm³/mol. The summed E-state index contributed by atoms with van der Waals surface area (Å²) in [6.45, 7) is 9.26. The van der Waals surface area contributed by atoms with Crippen molar-refractivity contribution >= 4 is 23.7 Å². The van der Waals surface area contributed by atoms with E-state index in [1.807, 2.05) is 18.6 Å². The van der Waals surface area contributed by atoms with Gasteiger partial charge in [-0.3, -0.25) is 14.5 Å². The molecule has 0 aliphatic heterocycles. The maximum atomic E-state index is 13.0. The average molecular weight is 722 g/mol. The molecule has 0 aromatic carbocycles. The van der Waals surface area contributed by atoms with Gasteiger partial charge in [0, 0.05) is 44.9 Å². The van der Waals surface area contributed by atoms with Crippen molar-refractivity contribution in [2.24, 2.45) is 0 Å². The lowest BCUT2D eigenvalue weighted by atomic mass is 10.0. The maximum Gasteiger partial charge on any atom is 0.306 e. The van der Waals surface area contributed by atoms with Crippen LogP contribution in [0.15, 0.2) is 30.9 Å². The Labute approximate surface area is 310 Å². The van der Waals surface area contributed by atoms with Gasteiger partial charge in [0.1, 0.15) is 12.7 Å². The molecule has 8 nitrogen and oxygen atoms in total. The largest absolute Gasteiger partial charge is 0.462 e. The van der Waals surface area contributed by atoms with Gasteiger partial charge in [-0.05, 0) is 70.0 Å². The monoisotopic (exact) mass is 722 g/mol. The number of thioether (sulfide) groups is 1. The van der Waals surface area contributed by atoms with E-state index in [-0.39, 0.29) is 18.0 Å². The highest BCUT2D eigenvalue weighted by Crippen LogP contribution is 2.19. The molecule has 0 aliphatic carbocycles. The fraction of sp³-hybridized carbons (Fsp3) is 0.829. The van der Waals surface area contributed by atoms with Crippen LogP contribution in [0.2, 0.25) is 0 Å². The molecule has 1 aromatic heterocycles. The number of aromatic nitrogens is 2. The van der Waals surface area contributed by atoms with Gasteiger partial charge in [-0.15, -0.1) is 11.8 Å². The third kappa shape index (κ3) is 27.8. The van der Waals surface area contributed by atoms with E-state index in [0.29, 0.717) is 32.4 Å². The van der Waals surface area contributed by atoms with E-state index in [4.69, 9.17) is 9.47 Å². The SMILES string of the molecule is CCCCCC/C=C\COC(=O)CCCCCN(CCCC(=O)OC(CCCCCCC)CCCCCCC)C(O)SCCCn1ccnc1. The lowest BCUT2D eigenvalue weighted by Gasteiger charge is -2.27. The molecule has 290 valence electrons. The Balaban J connectivity index is 2.49. The lowest BCUT2D eigenvalue weighted by molar-refractivity contribution is -0.150. The molecule has 50 heavy (non-hydrogen) atoms. The molecular formula is C41H75N3O5S. The molecule has 0 saturated carbocycles. The fourth-order valence-electron chi connectivity index (χ4n) is 6.03. The number of rotatable bonds is 36. The quantitative estimate of drug-likeness (QED) is 0.0317. The third-order valence-corrected chi connectivity index (χ3v) is 10.3. The maximum absolute atomic E-state index is 13.0. The summed E-state index contributed by atoms with van der Waals surface area (Å²) in [4.78, 5) is 31.3. The highest BCUT2D eigenvalue weighted by atomic mass is 32.2. The molecule has 9 heteroatoms. The van der Waals surface area contributed by atoms with Crippen molar-refractivity contribution in [3.05, 3.63) is 30.9 Å². The zero-order valence-electron chi connectivity index (χ0n) is 32.4. The second-order valence-corrected chi connectivity index (χ2v) is 15.0. The van der Waals surface area contributed by atoms with Gasteiger partial charge in [-0.1, -0.05) is 110 Å². The number of hydrogen-bond donors (Lipinski definition) is 1. The van der Waals surface area contributed by atoms with Gasteiger partial charge in [0.25, 0.3) is 0 Å². The van der Waals surface area contributed by atoms with Crippen LogP contribution in [0.3, 0.4) is 0 Å². The van der Waals surface area contributed by atoms with E-state index in [2.05, 4.69) is 41.3 Å². The van der Waals surface area contributed by atoms with Crippen LogP contribution in [0.1, 0.15) is 175 Å². The van der Waals surface area contributed by atoms with Crippen molar-refractivity contribution in [1.29, 1.82) is 0 Å². The molecule has 1 N–H and O–H groups in total. The number of unbranched alkanes of at least 4 members (excludes halogenated alkanes) is 14. The van der Waals surface area contributed by atoms with Gasteiger partial charge in [-0.25, -0.2) is 4.98 Å². The zero-order valence-corrected chi connectivity index (χ0v) is 33.2. The highest BCUT2D eigenvalue weighted by molar-refractivity contribution is 7.99. The normalized spacial score (nSPS) is 12.4. The molecular weight excluding hydrogens is 647 g/mol. The molecule has 0 saturated heterocycles. The summed E-state index contributed by atoms with van der Waals surface area (Å²) in [5, 5.41) is 11.1. The molecule has 1 aromatic rings. The minimum Gasteiger partial charge on any atom is -0.462 e. The lowest BCUT2D eigenvalue weighted by Crippen LogP contribution is -2.35. The van der Waals surface area contributed by atoms with Crippen molar-refractivity contribution in [2.45, 2.75) is 193 Å². The summed E-state index contributed by atoms with van der Waals surface area (Å²) in [5.74, 6) is 0.573. The number of imidazole rings is 1. The number of aliphatic hydroxyl groups is 1. The van der Waals surface area contributed by atoms with E-state index in [9.17, 15) is 14.7 Å². The molecule has 0 radical (unpaired) electrons. The first kappa shape index (κ1) is 46.2. The van der Waals surface area contributed by atoms with Crippen LogP contribution in [0.4, 0.5) is 0 Å². The van der Waals surface area contributed by atoms with E-state index in [0.717, 1.165) is 76.6 Å². The predicted octanol–water partition coefficient (Wildman–Crippen LogP) is 10.6. The number of carbonyl (C=O) groups excluding carboxylic acids is 2. The van der Waals surface area contributed by atoms with Crippen LogP contribution in [-0.2, 0) is 25.6 Å². The van der Waals surface area contributed by atoms with Crippen LogP contribution in [-0.4, -0.2) is 68.6 Å². The molecule has 0 aliphatic rings. The van der Waals surface area contributed by atoms with Crippen molar-refractivity contribution in [1.82, 2.24) is 14.5 Å². The molecule has 1 unspecified atom stereocenters. The summed E-state index contributed by atoms with van der Waals surface area (Å²) >= 11 is 1.54. The molecule has 1 heterocycles. The highest BCUT2D eigenvalue weighted by Gasteiger charge is 2.18. The average Bonchev–Trinajstić information content (AvgIpc) is 3.63. The van der Waals surface area contributed by atoms with Crippen LogP contribution >= 0.6 is 11.8 Å². The van der Waals surface area contributed by atoms with E-state index >= 15 is 0 Å². The van der Waals surface area contributed by atoms with Crippen LogP contribution in [0.5, 0.6) is 0 Å². The van der Waals surface area contributed by atoms with Crippen molar-refractivity contribution in [3.8, 4) is 0 Å². The second-order valence-electron chi connectivity index (χ2n) is 13.8. The van der Waals surface area contributed by atoms with Crippen molar-refractivity contribution < 1.29 is 24.2 Å². The molecule has 0 fully saturated rings. The second kappa shape index (κ2) is 34.3. The number of carbonyl (C=O) groups is 2. The first-order chi connectivity index (χ1) is 24.5. The van der Waals surface area contributed by atoms with Crippen LogP contribution in [0, 0.1) is 0 Å². The van der Waals surface area contributed by atoms with Crippen LogP contribution < -0.4 is 0 Å². The fourth-order valence-corrected chi connectivity index (χ4v) is 6.95. The number of allylic oxidation sites excluding steroid dienone is 1. The Kier molecular flexibility index (Phi) is 31.6. The van der Waals surface area contributed by atoms with E-state index in [1.54, 1.807) is 18.0 Å². The van der Waals surface area contributed by atoms with Gasteiger partial charge in [0.2, 0.25) is 0 Å². The molecule has 0 amide bonds. The smallest absolute Gasteiger partial charge is 0.306 e. The van der Waals surface area contributed by atoms with Gasteiger partial charge >= 0.3 is 11.9 Å². The van der Waals surface area contributed by atoms with Crippen molar-refractivity contribution in [2.75, 3.05) is 25.4 Å². The Morgan fingerprint density at radius 3 is 2.04 bits per heavy atom. The number of esters is 2. The summed E-state index contributed by atoms with van der Waals surface area (Å²) in [6, 6.07) is 0. The van der Waals surface area contributed by atoms with E-state index in [1.165, 1.54) is 77.0 Å². The summed E-state index contributed by atoms with van der Waals surface area (Å²) < 4.78 is 13.5. The summed E-state index contributed by atoms with van der Waals surface area (Å²) in [7, 11) is 0. The Morgan fingerprint density at radius 1 is 0.760 bits per heavy atom.